The van der Waals surface area contributed by atoms with Crippen molar-refractivity contribution in [2.75, 3.05) is 0 Å². The predicted molar refractivity (Wildman–Crippen MR) is 109 cm³/mol. The van der Waals surface area contributed by atoms with Gasteiger partial charge in [-0.2, -0.15) is 21.5 Å². The van der Waals surface area contributed by atoms with Gasteiger partial charge in [-0.25, -0.2) is 4.98 Å². The van der Waals surface area contributed by atoms with Gasteiger partial charge in [-0.05, 0) is 60.4 Å². The molecule has 0 atom stereocenters. The largest absolute Gasteiger partial charge is 0.284 e. The van der Waals surface area contributed by atoms with Gasteiger partial charge < -0.3 is 0 Å². The highest BCUT2D eigenvalue weighted by molar-refractivity contribution is 7.08. The molecule has 0 saturated carbocycles. The number of thiophene rings is 1. The third-order valence-electron chi connectivity index (χ3n) is 5.58. The van der Waals surface area contributed by atoms with E-state index < -0.39 is 0 Å². The minimum Gasteiger partial charge on any atom is -0.284 e. The molecule has 6 rings (SSSR count). The molecule has 1 aliphatic carbocycles. The van der Waals surface area contributed by atoms with Crippen molar-refractivity contribution in [2.45, 2.75) is 25.7 Å². The van der Waals surface area contributed by atoms with Crippen molar-refractivity contribution in [1.29, 1.82) is 0 Å². The molecular formula is C21H17N5S. The number of aromatic amines is 2. The number of benzene rings is 1. The van der Waals surface area contributed by atoms with Crippen LogP contribution in [0.3, 0.4) is 0 Å². The number of pyridine rings is 1. The van der Waals surface area contributed by atoms with Crippen molar-refractivity contribution in [3.63, 3.8) is 0 Å². The SMILES string of the molecule is c1cc(-c2n[nH]cc2-c2nc3ccc4[nH]ncc4c3c3c2CCCC3)cs1. The molecule has 0 unspecified atom stereocenters. The summed E-state index contributed by atoms with van der Waals surface area (Å²) in [4.78, 5) is 5.13. The van der Waals surface area contributed by atoms with Crippen molar-refractivity contribution >= 4 is 33.1 Å². The van der Waals surface area contributed by atoms with Crippen molar-refractivity contribution in [3.8, 4) is 22.5 Å². The van der Waals surface area contributed by atoms with Gasteiger partial charge in [-0.15, -0.1) is 0 Å². The Kier molecular flexibility index (Phi) is 3.22. The highest BCUT2D eigenvalue weighted by Gasteiger charge is 2.23. The van der Waals surface area contributed by atoms with Crippen molar-refractivity contribution < 1.29 is 0 Å². The zero-order valence-electron chi connectivity index (χ0n) is 14.6. The van der Waals surface area contributed by atoms with Crippen LogP contribution in [0.25, 0.3) is 44.3 Å². The second-order valence-electron chi connectivity index (χ2n) is 7.08. The molecule has 0 aliphatic heterocycles. The summed E-state index contributed by atoms with van der Waals surface area (Å²) < 4.78 is 0. The maximum absolute atomic E-state index is 5.13. The van der Waals surface area contributed by atoms with Gasteiger partial charge in [0, 0.05) is 33.5 Å². The summed E-state index contributed by atoms with van der Waals surface area (Å²) in [6.45, 7) is 0. The van der Waals surface area contributed by atoms with Crippen molar-refractivity contribution in [3.05, 3.63) is 52.5 Å². The molecule has 1 aliphatic rings. The fourth-order valence-corrected chi connectivity index (χ4v) is 5.00. The lowest BCUT2D eigenvalue weighted by Crippen LogP contribution is -2.08. The fourth-order valence-electron chi connectivity index (χ4n) is 4.36. The Morgan fingerprint density at radius 3 is 2.81 bits per heavy atom. The first-order valence-corrected chi connectivity index (χ1v) is 10.2. The molecule has 5 nitrogen and oxygen atoms in total. The van der Waals surface area contributed by atoms with Gasteiger partial charge in [-0.1, -0.05) is 0 Å². The third-order valence-corrected chi connectivity index (χ3v) is 6.26. The Labute approximate surface area is 159 Å². The Balaban J connectivity index is 1.70. The van der Waals surface area contributed by atoms with Crippen LogP contribution in [0.1, 0.15) is 24.0 Å². The zero-order chi connectivity index (χ0) is 17.8. The lowest BCUT2D eigenvalue weighted by Gasteiger charge is -2.21. The molecule has 0 amide bonds. The van der Waals surface area contributed by atoms with E-state index in [2.05, 4.69) is 49.4 Å². The number of hydrogen-bond donors (Lipinski definition) is 2. The van der Waals surface area contributed by atoms with Crippen LogP contribution in [-0.4, -0.2) is 25.4 Å². The number of nitrogens with one attached hydrogen (secondary N) is 2. The molecule has 0 saturated heterocycles. The molecular weight excluding hydrogens is 354 g/mol. The summed E-state index contributed by atoms with van der Waals surface area (Å²) >= 11 is 1.69. The summed E-state index contributed by atoms with van der Waals surface area (Å²) in [6, 6.07) is 6.30. The average Bonchev–Trinajstić information content (AvgIpc) is 3.47. The normalized spacial score (nSPS) is 14.1. The van der Waals surface area contributed by atoms with Gasteiger partial charge >= 0.3 is 0 Å². The summed E-state index contributed by atoms with van der Waals surface area (Å²) in [5.74, 6) is 0. The number of aromatic nitrogens is 5. The molecule has 2 N–H and O–H groups in total. The number of nitrogens with zero attached hydrogens (tertiary/aromatic N) is 3. The molecule has 132 valence electrons. The molecule has 0 spiro atoms. The monoisotopic (exact) mass is 371 g/mol. The van der Waals surface area contributed by atoms with E-state index in [1.807, 2.05) is 12.4 Å². The topological polar surface area (TPSA) is 70.2 Å². The lowest BCUT2D eigenvalue weighted by molar-refractivity contribution is 0.689. The number of hydrogen-bond acceptors (Lipinski definition) is 4. The van der Waals surface area contributed by atoms with Gasteiger partial charge in [0.05, 0.1) is 22.9 Å². The van der Waals surface area contributed by atoms with E-state index in [9.17, 15) is 0 Å². The van der Waals surface area contributed by atoms with Gasteiger partial charge in [0.1, 0.15) is 5.69 Å². The van der Waals surface area contributed by atoms with Crippen LogP contribution in [0.2, 0.25) is 0 Å². The Hall–Kier alpha value is -2.99. The minimum atomic E-state index is 0.986. The quantitative estimate of drug-likeness (QED) is 0.453. The maximum Gasteiger partial charge on any atom is 0.102 e. The van der Waals surface area contributed by atoms with Crippen molar-refractivity contribution in [1.82, 2.24) is 25.4 Å². The number of fused-ring (bicyclic) bond motifs is 5. The summed E-state index contributed by atoms with van der Waals surface area (Å²) in [5.41, 5.74) is 9.24. The molecule has 6 heteroatoms. The van der Waals surface area contributed by atoms with Crippen LogP contribution >= 0.6 is 11.3 Å². The zero-order valence-corrected chi connectivity index (χ0v) is 15.4. The summed E-state index contributed by atoms with van der Waals surface area (Å²) in [7, 11) is 0. The van der Waals surface area contributed by atoms with Crippen LogP contribution in [-0.2, 0) is 12.8 Å². The second kappa shape index (κ2) is 5.76. The average molecular weight is 371 g/mol. The van der Waals surface area contributed by atoms with Crippen LogP contribution in [0.15, 0.2) is 41.4 Å². The predicted octanol–water partition coefficient (Wildman–Crippen LogP) is 5.11. The van der Waals surface area contributed by atoms with Crippen LogP contribution < -0.4 is 0 Å². The Morgan fingerprint density at radius 1 is 1.00 bits per heavy atom. The van der Waals surface area contributed by atoms with E-state index in [1.54, 1.807) is 11.3 Å². The lowest BCUT2D eigenvalue weighted by atomic mass is 9.85. The maximum atomic E-state index is 5.13. The first kappa shape index (κ1) is 15.1. The molecule has 0 fully saturated rings. The third kappa shape index (κ3) is 2.20. The number of H-pyrrole nitrogens is 2. The van der Waals surface area contributed by atoms with Crippen LogP contribution in [0, 0.1) is 0 Å². The molecule has 0 bridgehead atoms. The molecule has 27 heavy (non-hydrogen) atoms. The Morgan fingerprint density at radius 2 is 1.93 bits per heavy atom. The van der Waals surface area contributed by atoms with E-state index in [0.717, 1.165) is 46.4 Å². The first-order chi connectivity index (χ1) is 13.4. The highest BCUT2D eigenvalue weighted by atomic mass is 32.1. The molecule has 4 heterocycles. The Bertz CT molecular complexity index is 1280. The summed E-state index contributed by atoms with van der Waals surface area (Å²) in [6.07, 6.45) is 8.52. The second-order valence-corrected chi connectivity index (χ2v) is 7.86. The van der Waals surface area contributed by atoms with Crippen LogP contribution in [0.4, 0.5) is 0 Å². The standard InChI is InChI=1S/C21H17N5S/c1-2-4-14-13(3-1)19-15-9-22-25-17(15)5-6-18(19)24-21(14)16-10-23-26-20(16)12-7-8-27-11-12/h5-11H,1-4H2,(H,22,25)(H,23,26). The van der Waals surface area contributed by atoms with E-state index in [-0.39, 0.29) is 0 Å². The van der Waals surface area contributed by atoms with Gasteiger partial charge in [0.2, 0.25) is 0 Å². The van der Waals surface area contributed by atoms with Crippen molar-refractivity contribution in [2.24, 2.45) is 0 Å². The smallest absolute Gasteiger partial charge is 0.102 e. The highest BCUT2D eigenvalue weighted by Crippen LogP contribution is 2.40. The number of rotatable bonds is 2. The molecule has 4 aromatic heterocycles. The van der Waals surface area contributed by atoms with Crippen LogP contribution in [0.5, 0.6) is 0 Å². The molecule has 1 aromatic carbocycles. The van der Waals surface area contributed by atoms with Gasteiger partial charge in [-0.3, -0.25) is 10.2 Å². The number of aryl methyl sites for hydroxylation is 1. The van der Waals surface area contributed by atoms with Gasteiger partial charge in [0.15, 0.2) is 0 Å². The summed E-state index contributed by atoms with van der Waals surface area (Å²) in [5, 5.41) is 21.6. The molecule has 5 aromatic rings. The first-order valence-electron chi connectivity index (χ1n) is 9.24. The van der Waals surface area contributed by atoms with E-state index in [1.165, 1.54) is 34.7 Å². The fraction of sp³-hybridized carbons (Fsp3) is 0.190. The van der Waals surface area contributed by atoms with E-state index >= 15 is 0 Å². The minimum absolute atomic E-state index is 0.986. The van der Waals surface area contributed by atoms with E-state index in [4.69, 9.17) is 4.98 Å². The van der Waals surface area contributed by atoms with E-state index in [0.29, 0.717) is 0 Å². The van der Waals surface area contributed by atoms with Gasteiger partial charge in [0.25, 0.3) is 0 Å². The molecule has 0 radical (unpaired) electrons.